The summed E-state index contributed by atoms with van der Waals surface area (Å²) in [6.07, 6.45) is 2.70. The average molecular weight is 236 g/mol. The van der Waals surface area contributed by atoms with Gasteiger partial charge in [0.2, 0.25) is 5.91 Å². The molecule has 0 bridgehead atoms. The Kier molecular flexibility index (Phi) is 3.74. The third-order valence-electron chi connectivity index (χ3n) is 2.97. The van der Waals surface area contributed by atoms with Crippen molar-refractivity contribution in [2.24, 2.45) is 11.7 Å². The van der Waals surface area contributed by atoms with Gasteiger partial charge in [0.15, 0.2) is 0 Å². The Labute approximate surface area is 100 Å². The molecule has 1 aromatic carbocycles. The lowest BCUT2D eigenvalue weighted by molar-refractivity contribution is -0.124. The van der Waals surface area contributed by atoms with Gasteiger partial charge in [-0.3, -0.25) is 4.79 Å². The molecule has 92 valence electrons. The monoisotopic (exact) mass is 236 g/mol. The van der Waals surface area contributed by atoms with Crippen LogP contribution in [-0.4, -0.2) is 18.5 Å². The van der Waals surface area contributed by atoms with Crippen LogP contribution in [0.3, 0.4) is 0 Å². The summed E-state index contributed by atoms with van der Waals surface area (Å²) in [4.78, 5) is 11.8. The summed E-state index contributed by atoms with van der Waals surface area (Å²) in [5.74, 6) is -0.471. The molecule has 1 aliphatic carbocycles. The second-order valence-electron chi connectivity index (χ2n) is 4.55. The van der Waals surface area contributed by atoms with Crippen molar-refractivity contribution >= 4 is 5.91 Å². The summed E-state index contributed by atoms with van der Waals surface area (Å²) in [5.41, 5.74) is 6.55. The number of carbonyl (C=O) groups is 1. The Morgan fingerprint density at radius 1 is 1.41 bits per heavy atom. The molecule has 2 rings (SSSR count). The molecule has 3 nitrogen and oxygen atoms in total. The molecule has 1 unspecified atom stereocenters. The first-order valence-corrected chi connectivity index (χ1v) is 5.94. The van der Waals surface area contributed by atoms with E-state index in [1.54, 1.807) is 12.1 Å². The number of rotatable bonds is 5. The van der Waals surface area contributed by atoms with E-state index in [1.807, 2.05) is 0 Å². The first-order valence-electron chi connectivity index (χ1n) is 5.94. The lowest BCUT2D eigenvalue weighted by atomic mass is 9.98. The van der Waals surface area contributed by atoms with Crippen LogP contribution < -0.4 is 11.1 Å². The first kappa shape index (κ1) is 12.0. The van der Waals surface area contributed by atoms with Gasteiger partial charge in [-0.2, -0.15) is 0 Å². The molecule has 1 atom stereocenters. The van der Waals surface area contributed by atoms with Crippen molar-refractivity contribution in [3.8, 4) is 0 Å². The van der Waals surface area contributed by atoms with Crippen molar-refractivity contribution in [2.75, 3.05) is 6.54 Å². The number of carbonyl (C=O) groups excluding carboxylic acids is 1. The number of hydrogen-bond acceptors (Lipinski definition) is 2. The van der Waals surface area contributed by atoms with Gasteiger partial charge in [-0.25, -0.2) is 4.39 Å². The average Bonchev–Trinajstić information content (AvgIpc) is 3.12. The Balaban J connectivity index is 1.93. The van der Waals surface area contributed by atoms with Gasteiger partial charge in [-0.15, -0.1) is 0 Å². The first-order chi connectivity index (χ1) is 8.19. The van der Waals surface area contributed by atoms with Crippen LogP contribution in [0.1, 0.15) is 18.4 Å². The van der Waals surface area contributed by atoms with E-state index in [9.17, 15) is 9.18 Å². The molecule has 1 amide bonds. The smallest absolute Gasteiger partial charge is 0.224 e. The SMILES string of the molecule is NCC(Cc1ccc(F)cc1)C(=O)NC1CC1. The van der Waals surface area contributed by atoms with Crippen LogP contribution in [0.5, 0.6) is 0 Å². The highest BCUT2D eigenvalue weighted by Gasteiger charge is 2.26. The van der Waals surface area contributed by atoms with Crippen LogP contribution in [0.2, 0.25) is 0 Å². The zero-order valence-electron chi connectivity index (χ0n) is 9.66. The molecular formula is C13H17FN2O. The molecule has 3 N–H and O–H groups in total. The fourth-order valence-corrected chi connectivity index (χ4v) is 1.73. The Bertz CT molecular complexity index is 387. The van der Waals surface area contributed by atoms with Crippen molar-refractivity contribution in [1.29, 1.82) is 0 Å². The van der Waals surface area contributed by atoms with Crippen LogP contribution in [0, 0.1) is 11.7 Å². The highest BCUT2D eigenvalue weighted by atomic mass is 19.1. The molecule has 1 aliphatic rings. The molecule has 0 heterocycles. The third kappa shape index (κ3) is 3.53. The Hall–Kier alpha value is -1.42. The number of nitrogens with one attached hydrogen (secondary N) is 1. The van der Waals surface area contributed by atoms with Crippen molar-refractivity contribution in [2.45, 2.75) is 25.3 Å². The number of amides is 1. The van der Waals surface area contributed by atoms with Crippen LogP contribution in [-0.2, 0) is 11.2 Å². The highest BCUT2D eigenvalue weighted by molar-refractivity contribution is 5.79. The Morgan fingerprint density at radius 2 is 2.06 bits per heavy atom. The fourth-order valence-electron chi connectivity index (χ4n) is 1.73. The van der Waals surface area contributed by atoms with Crippen molar-refractivity contribution in [3.63, 3.8) is 0 Å². The normalized spacial score (nSPS) is 16.6. The zero-order chi connectivity index (χ0) is 12.3. The fraction of sp³-hybridized carbons (Fsp3) is 0.462. The van der Waals surface area contributed by atoms with Crippen molar-refractivity contribution in [3.05, 3.63) is 35.6 Å². The van der Waals surface area contributed by atoms with Crippen LogP contribution in [0.4, 0.5) is 4.39 Å². The molecule has 1 aromatic rings. The van der Waals surface area contributed by atoms with Gasteiger partial charge in [0, 0.05) is 12.6 Å². The number of benzene rings is 1. The standard InChI is InChI=1S/C13H17FN2O/c14-11-3-1-9(2-4-11)7-10(8-15)13(17)16-12-5-6-12/h1-4,10,12H,5-8,15H2,(H,16,17). The molecule has 1 saturated carbocycles. The molecule has 1 fully saturated rings. The van der Waals surface area contributed by atoms with E-state index in [2.05, 4.69) is 5.32 Å². The summed E-state index contributed by atoms with van der Waals surface area (Å²) < 4.78 is 12.7. The predicted molar refractivity (Wildman–Crippen MR) is 63.8 cm³/mol. The van der Waals surface area contributed by atoms with Gasteiger partial charge in [0.05, 0.1) is 5.92 Å². The molecular weight excluding hydrogens is 219 g/mol. The summed E-state index contributed by atoms with van der Waals surface area (Å²) in [7, 11) is 0. The topological polar surface area (TPSA) is 55.1 Å². The second-order valence-corrected chi connectivity index (χ2v) is 4.55. The molecule has 0 radical (unpaired) electrons. The lowest BCUT2D eigenvalue weighted by Crippen LogP contribution is -2.37. The van der Waals surface area contributed by atoms with Crippen molar-refractivity contribution in [1.82, 2.24) is 5.32 Å². The van der Waals surface area contributed by atoms with E-state index >= 15 is 0 Å². The Morgan fingerprint density at radius 3 is 2.59 bits per heavy atom. The number of hydrogen-bond donors (Lipinski definition) is 2. The van der Waals surface area contributed by atoms with Gasteiger partial charge in [0.1, 0.15) is 5.82 Å². The van der Waals surface area contributed by atoms with E-state index in [-0.39, 0.29) is 17.6 Å². The van der Waals surface area contributed by atoms with E-state index in [1.165, 1.54) is 12.1 Å². The summed E-state index contributed by atoms with van der Waals surface area (Å²) >= 11 is 0. The summed E-state index contributed by atoms with van der Waals surface area (Å²) in [5, 5.41) is 2.94. The van der Waals surface area contributed by atoms with Gasteiger partial charge < -0.3 is 11.1 Å². The summed E-state index contributed by atoms with van der Waals surface area (Å²) in [6, 6.07) is 6.55. The minimum atomic E-state index is -0.263. The van der Waals surface area contributed by atoms with Crippen LogP contribution in [0.25, 0.3) is 0 Å². The maximum absolute atomic E-state index is 12.7. The molecule has 0 aromatic heterocycles. The third-order valence-corrected chi connectivity index (χ3v) is 2.97. The minimum absolute atomic E-state index is 0.0133. The second kappa shape index (κ2) is 5.27. The molecule has 17 heavy (non-hydrogen) atoms. The number of nitrogens with two attached hydrogens (primary N) is 1. The van der Waals surface area contributed by atoms with E-state index < -0.39 is 0 Å². The quantitative estimate of drug-likeness (QED) is 0.807. The van der Waals surface area contributed by atoms with Crippen LogP contribution in [0.15, 0.2) is 24.3 Å². The maximum Gasteiger partial charge on any atom is 0.224 e. The van der Waals surface area contributed by atoms with Gasteiger partial charge in [0.25, 0.3) is 0 Å². The summed E-state index contributed by atoms with van der Waals surface area (Å²) in [6.45, 7) is 0.315. The van der Waals surface area contributed by atoms with E-state index in [0.717, 1.165) is 18.4 Å². The molecule has 4 heteroatoms. The van der Waals surface area contributed by atoms with Crippen LogP contribution >= 0.6 is 0 Å². The van der Waals surface area contributed by atoms with E-state index in [0.29, 0.717) is 19.0 Å². The highest BCUT2D eigenvalue weighted by Crippen LogP contribution is 2.19. The zero-order valence-corrected chi connectivity index (χ0v) is 9.66. The minimum Gasteiger partial charge on any atom is -0.353 e. The largest absolute Gasteiger partial charge is 0.353 e. The van der Waals surface area contributed by atoms with Gasteiger partial charge >= 0.3 is 0 Å². The molecule has 0 aliphatic heterocycles. The number of halogens is 1. The maximum atomic E-state index is 12.7. The molecule has 0 spiro atoms. The predicted octanol–water partition coefficient (Wildman–Crippen LogP) is 1.22. The van der Waals surface area contributed by atoms with Gasteiger partial charge in [-0.1, -0.05) is 12.1 Å². The van der Waals surface area contributed by atoms with Crippen molar-refractivity contribution < 1.29 is 9.18 Å². The van der Waals surface area contributed by atoms with E-state index in [4.69, 9.17) is 5.73 Å². The van der Waals surface area contributed by atoms with Gasteiger partial charge in [-0.05, 0) is 37.0 Å². The lowest BCUT2D eigenvalue weighted by Gasteiger charge is -2.14. The molecule has 0 saturated heterocycles.